The molecule has 0 radical (unpaired) electrons. The van der Waals surface area contributed by atoms with E-state index in [9.17, 15) is 5.11 Å². The Morgan fingerprint density at radius 1 is 1.00 bits per heavy atom. The summed E-state index contributed by atoms with van der Waals surface area (Å²) in [6.07, 6.45) is 2.80. The Bertz CT molecular complexity index is 126. The van der Waals surface area contributed by atoms with Gasteiger partial charge in [-0.2, -0.15) is 0 Å². The lowest BCUT2D eigenvalue weighted by Crippen LogP contribution is -2.38. The summed E-state index contributed by atoms with van der Waals surface area (Å²) in [5.41, 5.74) is 0. The van der Waals surface area contributed by atoms with Crippen LogP contribution in [0, 0.1) is 0 Å². The third kappa shape index (κ3) is 5.61. The van der Waals surface area contributed by atoms with Gasteiger partial charge in [-0.1, -0.05) is 13.3 Å². The van der Waals surface area contributed by atoms with Crippen molar-refractivity contribution < 1.29 is 5.11 Å². The van der Waals surface area contributed by atoms with E-state index in [2.05, 4.69) is 39.5 Å². The third-order valence-electron chi connectivity index (χ3n) is 2.67. The van der Waals surface area contributed by atoms with Gasteiger partial charge in [0, 0.05) is 18.6 Å². The monoisotopic (exact) mass is 201 g/mol. The highest BCUT2D eigenvalue weighted by molar-refractivity contribution is 4.69. The van der Waals surface area contributed by atoms with Crippen LogP contribution < -0.4 is 0 Å². The quantitative estimate of drug-likeness (QED) is 0.684. The maximum Gasteiger partial charge on any atom is 0.0552 e. The van der Waals surface area contributed by atoms with Gasteiger partial charge in [0.05, 0.1) is 6.10 Å². The molecule has 1 unspecified atom stereocenters. The highest BCUT2D eigenvalue weighted by Crippen LogP contribution is 2.09. The number of nitrogens with zero attached hydrogens (tertiary/aromatic N) is 1. The molecule has 0 amide bonds. The van der Waals surface area contributed by atoms with Crippen molar-refractivity contribution in [1.29, 1.82) is 0 Å². The van der Waals surface area contributed by atoms with Crippen LogP contribution in [0.3, 0.4) is 0 Å². The summed E-state index contributed by atoms with van der Waals surface area (Å²) in [4.78, 5) is 2.43. The molecular formula is C12H27NO. The van der Waals surface area contributed by atoms with Gasteiger partial charge in [-0.15, -0.1) is 0 Å². The maximum absolute atomic E-state index is 9.63. The fourth-order valence-electron chi connectivity index (χ4n) is 1.89. The van der Waals surface area contributed by atoms with Crippen molar-refractivity contribution in [2.24, 2.45) is 0 Å². The fraction of sp³-hybridized carbons (Fsp3) is 1.00. The number of hydrogen-bond donors (Lipinski definition) is 1. The highest BCUT2D eigenvalue weighted by Gasteiger charge is 2.14. The molecule has 1 atom stereocenters. The van der Waals surface area contributed by atoms with Crippen LogP contribution >= 0.6 is 0 Å². The third-order valence-corrected chi connectivity index (χ3v) is 2.67. The van der Waals surface area contributed by atoms with E-state index in [-0.39, 0.29) is 6.10 Å². The van der Waals surface area contributed by atoms with Crippen LogP contribution in [-0.2, 0) is 0 Å². The van der Waals surface area contributed by atoms with Crippen LogP contribution in [0.2, 0.25) is 0 Å². The zero-order chi connectivity index (χ0) is 11.1. The van der Waals surface area contributed by atoms with Gasteiger partial charge in [0.15, 0.2) is 0 Å². The molecule has 0 bridgehead atoms. The predicted molar refractivity (Wildman–Crippen MR) is 62.5 cm³/mol. The molecule has 0 saturated carbocycles. The molecule has 0 aromatic rings. The van der Waals surface area contributed by atoms with E-state index in [0.29, 0.717) is 12.1 Å². The van der Waals surface area contributed by atoms with Crippen molar-refractivity contribution in [1.82, 2.24) is 4.90 Å². The second kappa shape index (κ2) is 7.24. The zero-order valence-corrected chi connectivity index (χ0v) is 10.5. The molecule has 0 rings (SSSR count). The summed E-state index contributed by atoms with van der Waals surface area (Å²) >= 11 is 0. The maximum atomic E-state index is 9.63. The van der Waals surface area contributed by atoms with Gasteiger partial charge in [-0.25, -0.2) is 0 Å². The molecule has 0 saturated heterocycles. The van der Waals surface area contributed by atoms with Crippen LogP contribution in [0.25, 0.3) is 0 Å². The molecule has 0 aliphatic rings. The second-order valence-corrected chi connectivity index (χ2v) is 4.66. The van der Waals surface area contributed by atoms with Gasteiger partial charge in [-0.3, -0.25) is 4.90 Å². The minimum atomic E-state index is -0.111. The van der Waals surface area contributed by atoms with Gasteiger partial charge in [-0.05, 0) is 40.5 Å². The van der Waals surface area contributed by atoms with E-state index < -0.39 is 0 Å². The first-order chi connectivity index (χ1) is 6.49. The van der Waals surface area contributed by atoms with Crippen molar-refractivity contribution >= 4 is 0 Å². The van der Waals surface area contributed by atoms with Crippen molar-refractivity contribution in [3.63, 3.8) is 0 Å². The molecule has 0 aromatic carbocycles. The minimum absolute atomic E-state index is 0.111. The molecular weight excluding hydrogens is 174 g/mol. The molecule has 0 aliphatic heterocycles. The summed E-state index contributed by atoms with van der Waals surface area (Å²) < 4.78 is 0. The summed E-state index contributed by atoms with van der Waals surface area (Å²) in [5.74, 6) is 0. The lowest BCUT2D eigenvalue weighted by atomic mass is 10.1. The summed E-state index contributed by atoms with van der Waals surface area (Å²) in [5, 5.41) is 9.63. The molecule has 86 valence electrons. The lowest BCUT2D eigenvalue weighted by Gasteiger charge is -2.31. The number of hydrogen-bond acceptors (Lipinski definition) is 2. The summed E-state index contributed by atoms with van der Waals surface area (Å²) in [6, 6.07) is 1.15. The van der Waals surface area contributed by atoms with E-state index in [1.54, 1.807) is 0 Å². The van der Waals surface area contributed by atoms with E-state index in [0.717, 1.165) is 25.8 Å². The lowest BCUT2D eigenvalue weighted by molar-refractivity contribution is 0.107. The van der Waals surface area contributed by atoms with Crippen LogP contribution in [0.5, 0.6) is 0 Å². The van der Waals surface area contributed by atoms with Crippen molar-refractivity contribution in [3.8, 4) is 0 Å². The molecule has 2 nitrogen and oxygen atoms in total. The average molecular weight is 201 g/mol. The van der Waals surface area contributed by atoms with E-state index in [1.165, 1.54) is 0 Å². The topological polar surface area (TPSA) is 23.5 Å². The molecule has 0 fully saturated rings. The Morgan fingerprint density at radius 2 is 1.50 bits per heavy atom. The SMILES string of the molecule is CCCC(O)CCN(C(C)C)C(C)C. The largest absolute Gasteiger partial charge is 0.393 e. The fourth-order valence-corrected chi connectivity index (χ4v) is 1.89. The smallest absolute Gasteiger partial charge is 0.0552 e. The van der Waals surface area contributed by atoms with Crippen LogP contribution in [0.1, 0.15) is 53.9 Å². The average Bonchev–Trinajstić information content (AvgIpc) is 2.03. The Kier molecular flexibility index (Phi) is 7.20. The zero-order valence-electron chi connectivity index (χ0n) is 10.5. The predicted octanol–water partition coefficient (Wildman–Crippen LogP) is 2.66. The van der Waals surface area contributed by atoms with Gasteiger partial charge in [0.1, 0.15) is 0 Å². The summed E-state index contributed by atoms with van der Waals surface area (Å²) in [6.45, 7) is 12.0. The molecule has 1 N–H and O–H groups in total. The first kappa shape index (κ1) is 13.9. The Hall–Kier alpha value is -0.0800. The highest BCUT2D eigenvalue weighted by atomic mass is 16.3. The van der Waals surface area contributed by atoms with Crippen LogP contribution in [-0.4, -0.2) is 34.7 Å². The molecule has 2 heteroatoms. The van der Waals surface area contributed by atoms with Crippen molar-refractivity contribution in [2.45, 2.75) is 72.1 Å². The van der Waals surface area contributed by atoms with Crippen molar-refractivity contribution in [2.75, 3.05) is 6.54 Å². The Morgan fingerprint density at radius 3 is 1.86 bits per heavy atom. The Labute approximate surface area is 89.3 Å². The van der Waals surface area contributed by atoms with Crippen LogP contribution in [0.4, 0.5) is 0 Å². The van der Waals surface area contributed by atoms with Gasteiger partial charge < -0.3 is 5.11 Å². The molecule has 0 aromatic heterocycles. The van der Waals surface area contributed by atoms with Gasteiger partial charge in [0.25, 0.3) is 0 Å². The number of rotatable bonds is 7. The van der Waals surface area contributed by atoms with E-state index >= 15 is 0 Å². The second-order valence-electron chi connectivity index (χ2n) is 4.66. The first-order valence-electron chi connectivity index (χ1n) is 5.92. The van der Waals surface area contributed by atoms with E-state index in [4.69, 9.17) is 0 Å². The first-order valence-corrected chi connectivity index (χ1v) is 5.92. The molecule has 0 spiro atoms. The van der Waals surface area contributed by atoms with Gasteiger partial charge in [0.2, 0.25) is 0 Å². The standard InChI is InChI=1S/C12H27NO/c1-6-7-12(14)8-9-13(10(2)3)11(4)5/h10-12,14H,6-9H2,1-5H3. The number of aliphatic hydroxyl groups excluding tert-OH is 1. The molecule has 0 aliphatic carbocycles. The normalized spacial score (nSPS) is 14.4. The Balaban J connectivity index is 3.82. The minimum Gasteiger partial charge on any atom is -0.393 e. The van der Waals surface area contributed by atoms with E-state index in [1.807, 2.05) is 0 Å². The molecule has 14 heavy (non-hydrogen) atoms. The molecule has 0 heterocycles. The summed E-state index contributed by atoms with van der Waals surface area (Å²) in [7, 11) is 0. The van der Waals surface area contributed by atoms with Crippen LogP contribution in [0.15, 0.2) is 0 Å². The number of aliphatic hydroxyl groups is 1. The van der Waals surface area contributed by atoms with Gasteiger partial charge >= 0.3 is 0 Å². The van der Waals surface area contributed by atoms with Crippen molar-refractivity contribution in [3.05, 3.63) is 0 Å².